The Morgan fingerprint density at radius 3 is 1.62 bits per heavy atom. The lowest BCUT2D eigenvalue weighted by Crippen LogP contribution is -2.31. The Balaban J connectivity index is 1.47. The molecule has 9 nitrogen and oxygen atoms in total. The minimum atomic E-state index is -0.386. The Bertz CT molecular complexity index is 1260. The molecule has 5 rings (SSSR count). The molecule has 1 saturated heterocycles. The van der Waals surface area contributed by atoms with E-state index in [0.29, 0.717) is 24.3 Å². The van der Waals surface area contributed by atoms with E-state index in [4.69, 9.17) is 23.9 Å². The van der Waals surface area contributed by atoms with Gasteiger partial charge in [-0.3, -0.25) is 15.0 Å². The second-order valence-corrected chi connectivity index (χ2v) is 9.86. The molecule has 0 aromatic carbocycles. The van der Waals surface area contributed by atoms with Crippen molar-refractivity contribution in [1.82, 2.24) is 15.0 Å². The number of hydrogen-bond donors (Lipinski definition) is 0. The van der Waals surface area contributed by atoms with Crippen molar-refractivity contribution in [3.8, 4) is 0 Å². The minimum Gasteiger partial charge on any atom is -0.462 e. The molecule has 3 atom stereocenters. The zero-order valence-electron chi connectivity index (χ0n) is 22.4. The molecule has 0 amide bonds. The molecule has 3 aromatic rings. The van der Waals surface area contributed by atoms with Crippen molar-refractivity contribution in [2.24, 2.45) is 0 Å². The van der Waals surface area contributed by atoms with Gasteiger partial charge in [-0.25, -0.2) is 9.59 Å². The maximum atomic E-state index is 12.4. The number of ether oxygens (including phenoxy) is 4. The fourth-order valence-electron chi connectivity index (χ4n) is 5.42. The van der Waals surface area contributed by atoms with Crippen LogP contribution in [0.1, 0.15) is 107 Å². The van der Waals surface area contributed by atoms with Crippen molar-refractivity contribution < 1.29 is 28.5 Å². The lowest BCUT2D eigenvalue weighted by molar-refractivity contribution is -0.382. The van der Waals surface area contributed by atoms with Gasteiger partial charge in [0.05, 0.1) is 24.3 Å². The summed E-state index contributed by atoms with van der Waals surface area (Å²) in [6, 6.07) is 11.0. The molecule has 0 bridgehead atoms. The van der Waals surface area contributed by atoms with Crippen LogP contribution >= 0.6 is 0 Å². The Labute approximate surface area is 227 Å². The lowest BCUT2D eigenvalue weighted by Gasteiger charge is -2.36. The fourth-order valence-corrected chi connectivity index (χ4v) is 5.42. The molecule has 0 spiro atoms. The third-order valence-electron chi connectivity index (χ3n) is 7.25. The molecule has 3 aromatic heterocycles. The highest BCUT2D eigenvalue weighted by molar-refractivity contribution is 5.89. The van der Waals surface area contributed by atoms with Crippen LogP contribution in [0.4, 0.5) is 0 Å². The van der Waals surface area contributed by atoms with Crippen LogP contribution in [0.5, 0.6) is 0 Å². The fraction of sp³-hybridized carbons (Fsp3) is 0.433. The van der Waals surface area contributed by atoms with E-state index < -0.39 is 0 Å². The normalized spacial score (nSPS) is 24.4. The summed E-state index contributed by atoms with van der Waals surface area (Å²) < 4.78 is 21.8. The van der Waals surface area contributed by atoms with Gasteiger partial charge in [0.25, 0.3) is 0 Å². The summed E-state index contributed by atoms with van der Waals surface area (Å²) in [5.74, 6) is -0.557. The molecule has 1 aliphatic carbocycles. The number of carbonyl (C=O) groups is 2. The topological polar surface area (TPSA) is 110 Å². The molecule has 4 heterocycles. The van der Waals surface area contributed by atoms with Crippen LogP contribution in [0.3, 0.4) is 0 Å². The van der Waals surface area contributed by atoms with Crippen LogP contribution in [-0.4, -0.2) is 46.4 Å². The van der Waals surface area contributed by atoms with Crippen LogP contribution in [-0.2, 0) is 18.9 Å². The van der Waals surface area contributed by atoms with Crippen LogP contribution in [0.25, 0.3) is 0 Å². The third kappa shape index (κ3) is 6.15. The van der Waals surface area contributed by atoms with Crippen molar-refractivity contribution in [3.63, 3.8) is 0 Å². The molecule has 1 saturated carbocycles. The smallest absolute Gasteiger partial charge is 0.338 e. The number of carbonyl (C=O) groups excluding carboxylic acids is 2. The minimum absolute atomic E-state index is 0.0397. The zero-order valence-corrected chi connectivity index (χ0v) is 22.4. The van der Waals surface area contributed by atoms with Gasteiger partial charge < -0.3 is 18.9 Å². The van der Waals surface area contributed by atoms with Gasteiger partial charge in [-0.2, -0.15) is 0 Å². The summed E-state index contributed by atoms with van der Waals surface area (Å²) in [6.07, 6.45) is 6.86. The van der Waals surface area contributed by atoms with E-state index in [1.165, 1.54) is 0 Å². The molecule has 0 N–H and O–H groups in total. The SMILES string of the molecule is CCOC(=O)c1ccnc([C@@H]2C[C@H](c3cc(C(=O)OCC)ccn3)C[C@H](c3cc(C4OC(C)O4)ccn3)C2)c1. The van der Waals surface area contributed by atoms with Crippen LogP contribution in [0.2, 0.25) is 0 Å². The number of esters is 2. The van der Waals surface area contributed by atoms with Crippen LogP contribution in [0, 0.1) is 0 Å². The molecule has 39 heavy (non-hydrogen) atoms. The summed E-state index contributed by atoms with van der Waals surface area (Å²) >= 11 is 0. The van der Waals surface area contributed by atoms with E-state index in [1.54, 1.807) is 44.6 Å². The average molecular weight is 532 g/mol. The monoisotopic (exact) mass is 531 g/mol. The largest absolute Gasteiger partial charge is 0.462 e. The first-order chi connectivity index (χ1) is 18.9. The molecular weight excluding hydrogens is 498 g/mol. The lowest BCUT2D eigenvalue weighted by atomic mass is 9.71. The molecule has 2 fully saturated rings. The number of aromatic nitrogens is 3. The molecule has 0 unspecified atom stereocenters. The van der Waals surface area contributed by atoms with Crippen molar-refractivity contribution in [2.75, 3.05) is 13.2 Å². The average Bonchev–Trinajstić information content (AvgIpc) is 2.96. The van der Waals surface area contributed by atoms with E-state index in [-0.39, 0.29) is 42.3 Å². The Morgan fingerprint density at radius 2 is 1.18 bits per heavy atom. The maximum Gasteiger partial charge on any atom is 0.338 e. The van der Waals surface area contributed by atoms with Gasteiger partial charge in [0.1, 0.15) is 0 Å². The molecular formula is C30H33N3O6. The Kier molecular flexibility index (Phi) is 8.28. The van der Waals surface area contributed by atoms with Gasteiger partial charge in [0.2, 0.25) is 0 Å². The van der Waals surface area contributed by atoms with Gasteiger partial charge in [0, 0.05) is 59.0 Å². The summed E-state index contributed by atoms with van der Waals surface area (Å²) in [5, 5.41) is 0. The second-order valence-electron chi connectivity index (χ2n) is 9.86. The van der Waals surface area contributed by atoms with Crippen molar-refractivity contribution in [3.05, 3.63) is 88.8 Å². The molecule has 9 heteroatoms. The van der Waals surface area contributed by atoms with Crippen molar-refractivity contribution in [2.45, 2.75) is 70.4 Å². The predicted octanol–water partition coefficient (Wildman–Crippen LogP) is 5.45. The van der Waals surface area contributed by atoms with E-state index in [2.05, 4.69) is 9.97 Å². The highest BCUT2D eigenvalue weighted by Crippen LogP contribution is 2.47. The van der Waals surface area contributed by atoms with Gasteiger partial charge >= 0.3 is 11.9 Å². The molecule has 2 aliphatic rings. The van der Waals surface area contributed by atoms with Gasteiger partial charge in [-0.1, -0.05) is 0 Å². The maximum absolute atomic E-state index is 12.4. The van der Waals surface area contributed by atoms with Crippen molar-refractivity contribution in [1.29, 1.82) is 0 Å². The third-order valence-corrected chi connectivity index (χ3v) is 7.25. The first-order valence-corrected chi connectivity index (χ1v) is 13.5. The zero-order chi connectivity index (χ0) is 27.4. The van der Waals surface area contributed by atoms with E-state index in [1.807, 2.05) is 31.2 Å². The first kappa shape index (κ1) is 26.9. The molecule has 0 radical (unpaired) electrons. The summed E-state index contributed by atoms with van der Waals surface area (Å²) in [5.41, 5.74) is 4.49. The number of hydrogen-bond acceptors (Lipinski definition) is 9. The quantitative estimate of drug-likeness (QED) is 0.350. The van der Waals surface area contributed by atoms with Crippen LogP contribution < -0.4 is 0 Å². The number of rotatable bonds is 8. The summed E-state index contributed by atoms with van der Waals surface area (Å²) in [6.45, 7) is 6.05. The van der Waals surface area contributed by atoms with Gasteiger partial charge in [0.15, 0.2) is 12.6 Å². The van der Waals surface area contributed by atoms with Gasteiger partial charge in [-0.15, -0.1) is 0 Å². The first-order valence-electron chi connectivity index (χ1n) is 13.5. The van der Waals surface area contributed by atoms with Crippen LogP contribution in [0.15, 0.2) is 55.0 Å². The second kappa shape index (κ2) is 12.0. The van der Waals surface area contributed by atoms with E-state index in [0.717, 1.165) is 41.9 Å². The van der Waals surface area contributed by atoms with Crippen molar-refractivity contribution >= 4 is 11.9 Å². The number of pyridine rings is 3. The highest BCUT2D eigenvalue weighted by Gasteiger charge is 2.35. The number of nitrogens with zero attached hydrogens (tertiary/aromatic N) is 3. The predicted molar refractivity (Wildman–Crippen MR) is 141 cm³/mol. The summed E-state index contributed by atoms with van der Waals surface area (Å²) in [7, 11) is 0. The standard InChI is InChI=1S/C30H33N3O6/c1-4-36-28(34)19-6-9-31-25(15-19)22-12-23(26-16-20(7-10-32-26)29(35)37-5-2)14-24(13-22)27-17-21(8-11-33-27)30-38-18(3)39-30/h6-11,15-18,22-24,30H,4-5,12-14H2,1-3H3/t18?,22-,23+,24-,30?. The van der Waals surface area contributed by atoms with Gasteiger partial charge in [-0.05, 0) is 76.4 Å². The van der Waals surface area contributed by atoms with E-state index >= 15 is 0 Å². The highest BCUT2D eigenvalue weighted by atomic mass is 16.9. The molecule has 204 valence electrons. The van der Waals surface area contributed by atoms with E-state index in [9.17, 15) is 9.59 Å². The Hall–Kier alpha value is -3.69. The Morgan fingerprint density at radius 1 is 0.744 bits per heavy atom. The molecule has 1 aliphatic heterocycles. The summed E-state index contributed by atoms with van der Waals surface area (Å²) in [4.78, 5) is 38.9.